The molecular weight excluding hydrogens is 238 g/mol. The number of rotatable bonds is 5. The van der Waals surface area contributed by atoms with E-state index in [2.05, 4.69) is 0 Å². The molecule has 0 aromatic heterocycles. The number of carbonyl (C=O) groups is 1. The van der Waals surface area contributed by atoms with Crippen molar-refractivity contribution >= 4 is 15.6 Å². The summed E-state index contributed by atoms with van der Waals surface area (Å²) in [6.45, 7) is 1.91. The summed E-state index contributed by atoms with van der Waals surface area (Å²) >= 11 is 0. The topological polar surface area (TPSA) is 75.0 Å². The van der Waals surface area contributed by atoms with Crippen molar-refractivity contribution < 1.29 is 13.2 Å². The third-order valence-electron chi connectivity index (χ3n) is 2.27. The Morgan fingerprint density at radius 1 is 1.29 bits per heavy atom. The molecule has 0 unspecified atom stereocenters. The third kappa shape index (κ3) is 3.40. The molecule has 0 aliphatic carbocycles. The fraction of sp³-hybridized carbons (Fsp3) is 0.333. The van der Waals surface area contributed by atoms with E-state index in [4.69, 9.17) is 5.26 Å². The van der Waals surface area contributed by atoms with Crippen LogP contribution in [-0.4, -0.2) is 20.0 Å². The van der Waals surface area contributed by atoms with Gasteiger partial charge in [-0.2, -0.15) is 5.26 Å². The van der Waals surface area contributed by atoms with Gasteiger partial charge in [-0.25, -0.2) is 8.42 Å². The SMILES string of the molecule is CCCC(=O)c1ccc(S(=O)(=O)CC#N)cc1. The van der Waals surface area contributed by atoms with Gasteiger partial charge in [0.05, 0.1) is 11.0 Å². The van der Waals surface area contributed by atoms with Gasteiger partial charge in [0.25, 0.3) is 0 Å². The Kier molecular flexibility index (Phi) is 4.41. The van der Waals surface area contributed by atoms with Crippen LogP contribution in [0.3, 0.4) is 0 Å². The molecule has 0 amide bonds. The Labute approximate surface area is 101 Å². The first-order valence-corrected chi connectivity index (χ1v) is 6.89. The van der Waals surface area contributed by atoms with Crippen LogP contribution in [0.25, 0.3) is 0 Å². The van der Waals surface area contributed by atoms with E-state index in [1.807, 2.05) is 6.92 Å². The second kappa shape index (κ2) is 5.60. The van der Waals surface area contributed by atoms with Crippen molar-refractivity contribution in [2.75, 3.05) is 5.75 Å². The van der Waals surface area contributed by atoms with Gasteiger partial charge in [0.15, 0.2) is 15.6 Å². The van der Waals surface area contributed by atoms with Crippen molar-refractivity contribution in [3.05, 3.63) is 29.8 Å². The third-order valence-corrected chi connectivity index (χ3v) is 3.77. The molecule has 0 spiro atoms. The van der Waals surface area contributed by atoms with Gasteiger partial charge >= 0.3 is 0 Å². The lowest BCUT2D eigenvalue weighted by atomic mass is 10.1. The largest absolute Gasteiger partial charge is 0.294 e. The highest BCUT2D eigenvalue weighted by Gasteiger charge is 2.14. The van der Waals surface area contributed by atoms with E-state index in [0.29, 0.717) is 12.0 Å². The monoisotopic (exact) mass is 251 g/mol. The average Bonchev–Trinajstić information content (AvgIpc) is 2.29. The zero-order chi connectivity index (χ0) is 12.9. The second-order valence-corrected chi connectivity index (χ2v) is 5.60. The number of carbonyl (C=O) groups excluding carboxylic acids is 1. The van der Waals surface area contributed by atoms with Crippen LogP contribution in [0, 0.1) is 11.3 Å². The predicted octanol–water partition coefficient (Wildman–Crippen LogP) is 1.97. The van der Waals surface area contributed by atoms with Crippen LogP contribution in [0.1, 0.15) is 30.1 Å². The van der Waals surface area contributed by atoms with Gasteiger partial charge in [0.2, 0.25) is 0 Å². The first-order valence-electron chi connectivity index (χ1n) is 5.24. The molecule has 0 aliphatic heterocycles. The molecule has 0 radical (unpaired) electrons. The molecule has 0 heterocycles. The van der Waals surface area contributed by atoms with E-state index < -0.39 is 15.6 Å². The second-order valence-electron chi connectivity index (χ2n) is 3.61. The number of ketones is 1. The van der Waals surface area contributed by atoms with Crippen LogP contribution in [-0.2, 0) is 9.84 Å². The zero-order valence-corrected chi connectivity index (χ0v) is 10.3. The molecule has 1 aromatic carbocycles. The fourth-order valence-electron chi connectivity index (χ4n) is 1.39. The molecule has 90 valence electrons. The Balaban J connectivity index is 2.97. The van der Waals surface area contributed by atoms with Gasteiger partial charge in [-0.15, -0.1) is 0 Å². The molecule has 1 aromatic rings. The molecule has 0 saturated heterocycles. The summed E-state index contributed by atoms with van der Waals surface area (Å²) in [5.41, 5.74) is 0.503. The minimum Gasteiger partial charge on any atom is -0.294 e. The molecule has 0 atom stereocenters. The highest BCUT2D eigenvalue weighted by molar-refractivity contribution is 7.91. The predicted molar refractivity (Wildman–Crippen MR) is 63.3 cm³/mol. The minimum atomic E-state index is -3.54. The molecule has 17 heavy (non-hydrogen) atoms. The number of hydrogen-bond acceptors (Lipinski definition) is 4. The number of nitriles is 1. The van der Waals surface area contributed by atoms with Gasteiger partial charge in [-0.05, 0) is 18.6 Å². The Morgan fingerprint density at radius 2 is 1.88 bits per heavy atom. The van der Waals surface area contributed by atoms with E-state index in [9.17, 15) is 13.2 Å². The Morgan fingerprint density at radius 3 is 2.35 bits per heavy atom. The smallest absolute Gasteiger partial charge is 0.191 e. The van der Waals surface area contributed by atoms with Crippen LogP contribution >= 0.6 is 0 Å². The van der Waals surface area contributed by atoms with Crippen LogP contribution in [0.15, 0.2) is 29.2 Å². The minimum absolute atomic E-state index is 0.00303. The summed E-state index contributed by atoms with van der Waals surface area (Å²) in [5.74, 6) is -0.549. The van der Waals surface area contributed by atoms with Crippen LogP contribution in [0.2, 0.25) is 0 Å². The van der Waals surface area contributed by atoms with Crippen LogP contribution in [0.4, 0.5) is 0 Å². The molecule has 4 nitrogen and oxygen atoms in total. The Hall–Kier alpha value is -1.67. The van der Waals surface area contributed by atoms with Crippen molar-refractivity contribution in [3.63, 3.8) is 0 Å². The molecule has 1 rings (SSSR count). The molecule has 0 saturated carbocycles. The van der Waals surface area contributed by atoms with Crippen molar-refractivity contribution in [1.82, 2.24) is 0 Å². The maximum Gasteiger partial charge on any atom is 0.191 e. The summed E-state index contributed by atoms with van der Waals surface area (Å²) in [5, 5.41) is 8.39. The maximum absolute atomic E-state index is 11.5. The van der Waals surface area contributed by atoms with Gasteiger partial charge in [-0.1, -0.05) is 19.1 Å². The van der Waals surface area contributed by atoms with Gasteiger partial charge in [-0.3, -0.25) is 4.79 Å². The quantitative estimate of drug-likeness (QED) is 0.750. The number of nitrogens with zero attached hydrogens (tertiary/aromatic N) is 1. The van der Waals surface area contributed by atoms with Crippen LogP contribution < -0.4 is 0 Å². The summed E-state index contributed by atoms with van der Waals surface area (Å²) in [6, 6.07) is 7.33. The number of sulfone groups is 1. The van der Waals surface area contributed by atoms with E-state index >= 15 is 0 Å². The van der Waals surface area contributed by atoms with Crippen molar-refractivity contribution in [2.45, 2.75) is 24.7 Å². The van der Waals surface area contributed by atoms with Crippen LogP contribution in [0.5, 0.6) is 0 Å². The average molecular weight is 251 g/mol. The van der Waals surface area contributed by atoms with Gasteiger partial charge in [0.1, 0.15) is 5.75 Å². The molecule has 0 bridgehead atoms. The first kappa shape index (κ1) is 13.4. The molecule has 5 heteroatoms. The van der Waals surface area contributed by atoms with Crippen molar-refractivity contribution in [1.29, 1.82) is 5.26 Å². The summed E-state index contributed by atoms with van der Waals surface area (Å²) in [4.78, 5) is 11.6. The number of benzene rings is 1. The summed E-state index contributed by atoms with van der Waals surface area (Å²) in [7, 11) is -3.54. The van der Waals surface area contributed by atoms with E-state index in [-0.39, 0.29) is 10.7 Å². The highest BCUT2D eigenvalue weighted by atomic mass is 32.2. The zero-order valence-electron chi connectivity index (χ0n) is 9.51. The van der Waals surface area contributed by atoms with Crippen molar-refractivity contribution in [3.8, 4) is 6.07 Å². The lowest BCUT2D eigenvalue weighted by molar-refractivity contribution is 0.0981. The molecule has 0 N–H and O–H groups in total. The summed E-state index contributed by atoms with van der Waals surface area (Å²) < 4.78 is 23.1. The highest BCUT2D eigenvalue weighted by Crippen LogP contribution is 2.13. The van der Waals surface area contributed by atoms with E-state index in [0.717, 1.165) is 6.42 Å². The lowest BCUT2D eigenvalue weighted by Crippen LogP contribution is -2.05. The molecule has 0 fully saturated rings. The summed E-state index contributed by atoms with van der Waals surface area (Å²) in [6.07, 6.45) is 1.21. The maximum atomic E-state index is 11.5. The lowest BCUT2D eigenvalue weighted by Gasteiger charge is -2.02. The number of hydrogen-bond donors (Lipinski definition) is 0. The van der Waals surface area contributed by atoms with Gasteiger partial charge in [0, 0.05) is 12.0 Å². The fourth-order valence-corrected chi connectivity index (χ4v) is 2.28. The normalized spacial score (nSPS) is 10.8. The van der Waals surface area contributed by atoms with E-state index in [1.165, 1.54) is 24.3 Å². The molecule has 0 aliphatic rings. The standard InChI is InChI=1S/C12H13NO3S/c1-2-3-12(14)10-4-6-11(7-5-10)17(15,16)9-8-13/h4-7H,2-3,9H2,1H3. The number of Topliss-reactive ketones (excluding diaryl/α,β-unsaturated/α-hetero) is 1. The first-order chi connectivity index (χ1) is 8.01. The van der Waals surface area contributed by atoms with Crippen molar-refractivity contribution in [2.24, 2.45) is 0 Å². The van der Waals surface area contributed by atoms with Gasteiger partial charge < -0.3 is 0 Å². The van der Waals surface area contributed by atoms with E-state index in [1.54, 1.807) is 6.07 Å². The Bertz CT molecular complexity index is 538. The molecular formula is C12H13NO3S.